The summed E-state index contributed by atoms with van der Waals surface area (Å²) in [5, 5.41) is 3.63. The number of nitrogens with zero attached hydrogens (tertiary/aromatic N) is 1. The Morgan fingerprint density at radius 3 is 2.79 bits per heavy atom. The lowest BCUT2D eigenvalue weighted by Gasteiger charge is -2.18. The van der Waals surface area contributed by atoms with E-state index in [-0.39, 0.29) is 11.9 Å². The molecule has 2 aromatic rings. The first-order valence-corrected chi connectivity index (χ1v) is 6.52. The van der Waals surface area contributed by atoms with Crippen LogP contribution in [0.4, 0.5) is 4.39 Å². The highest BCUT2D eigenvalue weighted by molar-refractivity contribution is 6.30. The fourth-order valence-electron chi connectivity index (χ4n) is 2.14. The van der Waals surface area contributed by atoms with Crippen molar-refractivity contribution in [3.63, 3.8) is 0 Å². The second-order valence-corrected chi connectivity index (χ2v) is 4.90. The molecule has 1 unspecified atom stereocenters. The smallest absolute Gasteiger partial charge is 0.127 e. The van der Waals surface area contributed by atoms with Gasteiger partial charge in [0.1, 0.15) is 5.82 Å². The monoisotopic (exact) mass is 278 g/mol. The van der Waals surface area contributed by atoms with Gasteiger partial charge in [-0.05, 0) is 49.7 Å². The molecule has 2 nitrogen and oxygen atoms in total. The molecule has 19 heavy (non-hydrogen) atoms. The van der Waals surface area contributed by atoms with Gasteiger partial charge in [0.05, 0.1) is 0 Å². The molecule has 1 atom stereocenters. The maximum absolute atomic E-state index is 13.8. The molecule has 1 aromatic heterocycles. The Bertz CT molecular complexity index is 572. The number of pyridine rings is 1. The van der Waals surface area contributed by atoms with Crippen LogP contribution >= 0.6 is 11.6 Å². The van der Waals surface area contributed by atoms with Crippen LogP contribution < -0.4 is 5.32 Å². The van der Waals surface area contributed by atoms with Gasteiger partial charge < -0.3 is 5.32 Å². The van der Waals surface area contributed by atoms with E-state index in [9.17, 15) is 4.39 Å². The lowest BCUT2D eigenvalue weighted by atomic mass is 9.98. The van der Waals surface area contributed by atoms with E-state index in [1.54, 1.807) is 18.3 Å². The van der Waals surface area contributed by atoms with Crippen molar-refractivity contribution < 1.29 is 4.39 Å². The Kier molecular flexibility index (Phi) is 4.51. The van der Waals surface area contributed by atoms with E-state index in [1.165, 1.54) is 6.07 Å². The number of hydrogen-bond donors (Lipinski definition) is 1. The van der Waals surface area contributed by atoms with Crippen molar-refractivity contribution in [2.45, 2.75) is 19.4 Å². The minimum Gasteiger partial charge on any atom is -0.313 e. The van der Waals surface area contributed by atoms with Crippen molar-refractivity contribution in [3.8, 4) is 0 Å². The number of benzene rings is 1. The van der Waals surface area contributed by atoms with Crippen molar-refractivity contribution in [3.05, 3.63) is 64.2 Å². The van der Waals surface area contributed by atoms with Gasteiger partial charge in [-0.1, -0.05) is 23.7 Å². The van der Waals surface area contributed by atoms with Gasteiger partial charge in [0.15, 0.2) is 0 Å². The van der Waals surface area contributed by atoms with Gasteiger partial charge in [-0.2, -0.15) is 0 Å². The number of likely N-dealkylation sites (N-methyl/N-ethyl adjacent to an activating group) is 1. The normalized spacial score (nSPS) is 12.4. The Hall–Kier alpha value is -1.45. The van der Waals surface area contributed by atoms with Crippen LogP contribution in [0.1, 0.15) is 22.9 Å². The molecule has 0 radical (unpaired) electrons. The van der Waals surface area contributed by atoms with Crippen molar-refractivity contribution in [2.75, 3.05) is 7.05 Å². The summed E-state index contributed by atoms with van der Waals surface area (Å²) >= 11 is 5.76. The number of rotatable bonds is 4. The molecule has 0 aliphatic rings. The Morgan fingerprint density at radius 1 is 1.37 bits per heavy atom. The van der Waals surface area contributed by atoms with Crippen LogP contribution in [0.25, 0.3) is 0 Å². The topological polar surface area (TPSA) is 24.9 Å². The summed E-state index contributed by atoms with van der Waals surface area (Å²) in [5.74, 6) is -0.269. The van der Waals surface area contributed by atoms with Gasteiger partial charge >= 0.3 is 0 Å². The predicted molar refractivity (Wildman–Crippen MR) is 75.9 cm³/mol. The summed E-state index contributed by atoms with van der Waals surface area (Å²) < 4.78 is 13.8. The first-order valence-electron chi connectivity index (χ1n) is 6.14. The molecule has 0 saturated carbocycles. The highest BCUT2D eigenvalue weighted by atomic mass is 35.5. The second kappa shape index (κ2) is 6.13. The molecule has 1 aromatic carbocycles. The zero-order valence-corrected chi connectivity index (χ0v) is 11.7. The molecular formula is C15H16ClFN2. The average Bonchev–Trinajstić information content (AvgIpc) is 2.39. The van der Waals surface area contributed by atoms with E-state index in [4.69, 9.17) is 11.6 Å². The number of halogens is 2. The van der Waals surface area contributed by atoms with Gasteiger partial charge in [0.2, 0.25) is 0 Å². The highest BCUT2D eigenvalue weighted by Crippen LogP contribution is 2.23. The minimum atomic E-state index is -0.269. The zero-order chi connectivity index (χ0) is 13.8. The summed E-state index contributed by atoms with van der Waals surface area (Å²) in [4.78, 5) is 4.27. The fourth-order valence-corrected chi connectivity index (χ4v) is 2.30. The molecule has 0 fully saturated rings. The minimum absolute atomic E-state index is 0.0318. The van der Waals surface area contributed by atoms with Crippen molar-refractivity contribution in [1.82, 2.24) is 10.3 Å². The van der Waals surface area contributed by atoms with Crippen LogP contribution in [0.3, 0.4) is 0 Å². The van der Waals surface area contributed by atoms with E-state index >= 15 is 0 Å². The molecule has 4 heteroatoms. The molecule has 100 valence electrons. The van der Waals surface area contributed by atoms with Gasteiger partial charge in [-0.3, -0.25) is 4.98 Å². The molecule has 0 bridgehead atoms. The van der Waals surface area contributed by atoms with Crippen molar-refractivity contribution in [2.24, 2.45) is 0 Å². The third-order valence-corrected chi connectivity index (χ3v) is 3.45. The molecule has 2 rings (SSSR count). The van der Waals surface area contributed by atoms with E-state index < -0.39 is 0 Å². The number of aromatic nitrogens is 1. The molecule has 0 aliphatic carbocycles. The predicted octanol–water partition coefficient (Wildman–Crippen LogP) is 3.69. The van der Waals surface area contributed by atoms with Crippen LogP contribution in [-0.4, -0.2) is 12.0 Å². The number of nitrogens with one attached hydrogen (secondary N) is 1. The summed E-state index contributed by atoms with van der Waals surface area (Å²) in [5.41, 5.74) is 2.68. The zero-order valence-electron chi connectivity index (χ0n) is 11.0. The van der Waals surface area contributed by atoms with Gasteiger partial charge in [0, 0.05) is 23.0 Å². The second-order valence-electron chi connectivity index (χ2n) is 4.46. The van der Waals surface area contributed by atoms with Crippen LogP contribution in [-0.2, 0) is 6.42 Å². The summed E-state index contributed by atoms with van der Waals surface area (Å²) in [6, 6.07) is 8.72. The maximum atomic E-state index is 13.8. The molecule has 0 aliphatic heterocycles. The first kappa shape index (κ1) is 14.0. The third kappa shape index (κ3) is 3.31. The third-order valence-electron chi connectivity index (χ3n) is 3.21. The van der Waals surface area contributed by atoms with Crippen LogP contribution in [0.2, 0.25) is 5.02 Å². The van der Waals surface area contributed by atoms with Crippen LogP contribution in [0, 0.1) is 12.7 Å². The standard InChI is InChI=1S/C15H16ClFN2/c1-10-13(4-3-7-19-10)15(18-2)8-11-5-6-12(16)9-14(11)17/h3-7,9,15,18H,8H2,1-2H3. The Morgan fingerprint density at radius 2 is 2.16 bits per heavy atom. The lowest BCUT2D eigenvalue weighted by molar-refractivity contribution is 0.551. The van der Waals surface area contributed by atoms with E-state index in [0.29, 0.717) is 17.0 Å². The lowest BCUT2D eigenvalue weighted by Crippen LogP contribution is -2.20. The maximum Gasteiger partial charge on any atom is 0.127 e. The molecule has 1 heterocycles. The average molecular weight is 279 g/mol. The van der Waals surface area contributed by atoms with E-state index in [0.717, 1.165) is 11.3 Å². The number of aryl methyl sites for hydroxylation is 1. The molecule has 0 amide bonds. The molecule has 0 spiro atoms. The van der Waals surface area contributed by atoms with Crippen molar-refractivity contribution >= 4 is 11.6 Å². The van der Waals surface area contributed by atoms with E-state index in [2.05, 4.69) is 10.3 Å². The first-order chi connectivity index (χ1) is 9.11. The molecule has 0 saturated heterocycles. The summed E-state index contributed by atoms with van der Waals surface area (Å²) in [7, 11) is 1.87. The van der Waals surface area contributed by atoms with Gasteiger partial charge in [-0.15, -0.1) is 0 Å². The van der Waals surface area contributed by atoms with Crippen molar-refractivity contribution in [1.29, 1.82) is 0 Å². The summed E-state index contributed by atoms with van der Waals surface area (Å²) in [6.07, 6.45) is 2.32. The van der Waals surface area contributed by atoms with E-state index in [1.807, 2.05) is 26.1 Å². The SMILES string of the molecule is CNC(Cc1ccc(Cl)cc1F)c1cccnc1C. The highest BCUT2D eigenvalue weighted by Gasteiger charge is 2.15. The largest absolute Gasteiger partial charge is 0.313 e. The quantitative estimate of drug-likeness (QED) is 0.923. The van der Waals surface area contributed by atoms with Crippen LogP contribution in [0.15, 0.2) is 36.5 Å². The molecular weight excluding hydrogens is 263 g/mol. The Labute approximate surface area is 117 Å². The Balaban J connectivity index is 2.27. The number of hydrogen-bond acceptors (Lipinski definition) is 2. The summed E-state index contributed by atoms with van der Waals surface area (Å²) in [6.45, 7) is 1.96. The van der Waals surface area contributed by atoms with Gasteiger partial charge in [0.25, 0.3) is 0 Å². The molecule has 1 N–H and O–H groups in total. The van der Waals surface area contributed by atoms with Crippen LogP contribution in [0.5, 0.6) is 0 Å². The fraction of sp³-hybridized carbons (Fsp3) is 0.267. The van der Waals surface area contributed by atoms with Gasteiger partial charge in [-0.25, -0.2) is 4.39 Å².